The van der Waals surface area contributed by atoms with Gasteiger partial charge in [-0.1, -0.05) is 12.1 Å². The number of carbonyl (C=O) groups is 1. The number of carboxylic acids is 1. The molecule has 138 valence electrons. The van der Waals surface area contributed by atoms with Crippen molar-refractivity contribution in [3.8, 4) is 0 Å². The molecule has 1 N–H and O–H groups in total. The number of morpholine rings is 1. The Balaban J connectivity index is 1.64. The summed E-state index contributed by atoms with van der Waals surface area (Å²) in [5, 5.41) is 9.23. The molecule has 0 amide bonds. The normalized spacial score (nSPS) is 23.5. The van der Waals surface area contributed by atoms with Crippen molar-refractivity contribution < 1.29 is 14.6 Å². The first-order valence-corrected chi connectivity index (χ1v) is 9.34. The van der Waals surface area contributed by atoms with Crippen LogP contribution in [0.2, 0.25) is 0 Å². The largest absolute Gasteiger partial charge is 0.478 e. The monoisotopic (exact) mass is 346 g/mol. The van der Waals surface area contributed by atoms with E-state index >= 15 is 0 Å². The van der Waals surface area contributed by atoms with Crippen molar-refractivity contribution in [3.63, 3.8) is 0 Å². The van der Waals surface area contributed by atoms with Crippen molar-refractivity contribution in [1.82, 2.24) is 9.80 Å². The van der Waals surface area contributed by atoms with E-state index in [1.807, 2.05) is 12.1 Å². The SMILES string of the molecule is CC(C)(CN1CCC[C@@H](c2cccc(C(=O)O)c2)C1)N1CCOCC1. The van der Waals surface area contributed by atoms with E-state index in [4.69, 9.17) is 4.74 Å². The lowest BCUT2D eigenvalue weighted by Gasteiger charge is -2.45. The first-order valence-electron chi connectivity index (χ1n) is 9.34. The Bertz CT molecular complexity index is 596. The molecule has 2 heterocycles. The summed E-state index contributed by atoms with van der Waals surface area (Å²) in [6, 6.07) is 7.47. The number of rotatable bonds is 5. The zero-order chi connectivity index (χ0) is 17.9. The molecule has 25 heavy (non-hydrogen) atoms. The van der Waals surface area contributed by atoms with Crippen molar-refractivity contribution in [2.24, 2.45) is 0 Å². The number of hydrogen-bond acceptors (Lipinski definition) is 4. The zero-order valence-corrected chi connectivity index (χ0v) is 15.4. The van der Waals surface area contributed by atoms with E-state index in [1.54, 1.807) is 6.07 Å². The fourth-order valence-electron chi connectivity index (χ4n) is 4.21. The fourth-order valence-corrected chi connectivity index (χ4v) is 4.21. The molecule has 2 aliphatic heterocycles. The third-order valence-electron chi connectivity index (χ3n) is 5.59. The van der Waals surface area contributed by atoms with Gasteiger partial charge in [0.1, 0.15) is 0 Å². The Morgan fingerprint density at radius 2 is 2.04 bits per heavy atom. The van der Waals surface area contributed by atoms with E-state index in [2.05, 4.69) is 29.7 Å². The van der Waals surface area contributed by atoms with Gasteiger partial charge in [0.2, 0.25) is 0 Å². The predicted molar refractivity (Wildman–Crippen MR) is 98.3 cm³/mol. The predicted octanol–water partition coefficient (Wildman–Crippen LogP) is 2.68. The van der Waals surface area contributed by atoms with Crippen LogP contribution in [0.15, 0.2) is 24.3 Å². The van der Waals surface area contributed by atoms with E-state index in [1.165, 1.54) is 6.42 Å². The van der Waals surface area contributed by atoms with Crippen LogP contribution in [0.4, 0.5) is 0 Å². The first-order chi connectivity index (χ1) is 12.0. The van der Waals surface area contributed by atoms with E-state index in [9.17, 15) is 9.90 Å². The number of nitrogens with zero attached hydrogens (tertiary/aromatic N) is 2. The summed E-state index contributed by atoms with van der Waals surface area (Å²) in [4.78, 5) is 16.3. The summed E-state index contributed by atoms with van der Waals surface area (Å²) in [5.41, 5.74) is 1.69. The maximum Gasteiger partial charge on any atom is 0.335 e. The van der Waals surface area contributed by atoms with E-state index in [-0.39, 0.29) is 5.54 Å². The van der Waals surface area contributed by atoms with E-state index in [0.717, 1.165) is 57.9 Å². The van der Waals surface area contributed by atoms with Crippen molar-refractivity contribution in [2.45, 2.75) is 38.1 Å². The minimum absolute atomic E-state index is 0.134. The average Bonchev–Trinajstić information content (AvgIpc) is 2.62. The second-order valence-corrected chi connectivity index (χ2v) is 7.92. The van der Waals surface area contributed by atoms with Crippen LogP contribution in [0.25, 0.3) is 0 Å². The highest BCUT2D eigenvalue weighted by atomic mass is 16.5. The van der Waals surface area contributed by atoms with Crippen LogP contribution < -0.4 is 0 Å². The van der Waals surface area contributed by atoms with Gasteiger partial charge in [0.05, 0.1) is 18.8 Å². The Kier molecular flexibility index (Phi) is 5.77. The molecule has 1 atom stereocenters. The van der Waals surface area contributed by atoms with Gasteiger partial charge in [-0.05, 0) is 56.8 Å². The summed E-state index contributed by atoms with van der Waals surface area (Å²) in [7, 11) is 0. The third-order valence-corrected chi connectivity index (χ3v) is 5.59. The molecule has 5 nitrogen and oxygen atoms in total. The summed E-state index contributed by atoms with van der Waals surface area (Å²) in [5.74, 6) is -0.420. The number of hydrogen-bond donors (Lipinski definition) is 1. The Morgan fingerprint density at radius 1 is 1.28 bits per heavy atom. The van der Waals surface area contributed by atoms with Crippen molar-refractivity contribution in [3.05, 3.63) is 35.4 Å². The van der Waals surface area contributed by atoms with Gasteiger partial charge in [-0.15, -0.1) is 0 Å². The highest BCUT2D eigenvalue weighted by Crippen LogP contribution is 2.29. The highest BCUT2D eigenvalue weighted by molar-refractivity contribution is 5.87. The molecule has 0 saturated carbocycles. The zero-order valence-electron chi connectivity index (χ0n) is 15.4. The molecular weight excluding hydrogens is 316 g/mol. The standard InChI is InChI=1S/C20H30N2O3/c1-20(2,22-9-11-25-12-10-22)15-21-8-4-7-18(14-21)16-5-3-6-17(13-16)19(23)24/h3,5-6,13,18H,4,7-12,14-15H2,1-2H3,(H,23,24)/t18-/m1/s1. The van der Waals surface area contributed by atoms with Gasteiger partial charge in [0, 0.05) is 31.7 Å². The second-order valence-electron chi connectivity index (χ2n) is 7.92. The van der Waals surface area contributed by atoms with Crippen molar-refractivity contribution in [1.29, 1.82) is 0 Å². The Labute approximate surface area is 150 Å². The summed E-state index contributed by atoms with van der Waals surface area (Å²) >= 11 is 0. The quantitative estimate of drug-likeness (QED) is 0.888. The van der Waals surface area contributed by atoms with Crippen molar-refractivity contribution >= 4 is 5.97 Å². The number of piperidine rings is 1. The van der Waals surface area contributed by atoms with Crippen LogP contribution in [0.3, 0.4) is 0 Å². The molecule has 2 aliphatic rings. The van der Waals surface area contributed by atoms with Gasteiger partial charge >= 0.3 is 5.97 Å². The molecule has 0 spiro atoms. The van der Waals surface area contributed by atoms with Gasteiger partial charge < -0.3 is 14.7 Å². The van der Waals surface area contributed by atoms with Crippen molar-refractivity contribution in [2.75, 3.05) is 45.9 Å². The van der Waals surface area contributed by atoms with Crippen LogP contribution in [-0.2, 0) is 4.74 Å². The summed E-state index contributed by atoms with van der Waals surface area (Å²) in [6.07, 6.45) is 2.30. The molecule has 2 fully saturated rings. The van der Waals surface area contributed by atoms with Crippen LogP contribution >= 0.6 is 0 Å². The van der Waals surface area contributed by atoms with Crippen LogP contribution in [0.1, 0.15) is 48.5 Å². The van der Waals surface area contributed by atoms with E-state index in [0.29, 0.717) is 11.5 Å². The Hall–Kier alpha value is -1.43. The minimum atomic E-state index is -0.844. The average molecular weight is 346 g/mol. The lowest BCUT2D eigenvalue weighted by molar-refractivity contribution is -0.0241. The molecule has 1 aromatic carbocycles. The van der Waals surface area contributed by atoms with Gasteiger partial charge in [-0.3, -0.25) is 4.90 Å². The van der Waals surface area contributed by atoms with Gasteiger partial charge in [-0.2, -0.15) is 0 Å². The maximum atomic E-state index is 11.2. The molecule has 0 aliphatic carbocycles. The summed E-state index contributed by atoms with van der Waals surface area (Å²) < 4.78 is 5.49. The number of carboxylic acid groups (broad SMARTS) is 1. The van der Waals surface area contributed by atoms with E-state index < -0.39 is 5.97 Å². The second kappa shape index (κ2) is 7.85. The molecule has 0 bridgehead atoms. The molecule has 3 rings (SSSR count). The molecule has 1 aromatic rings. The minimum Gasteiger partial charge on any atom is -0.478 e. The molecule has 2 saturated heterocycles. The topological polar surface area (TPSA) is 53.0 Å². The molecular formula is C20H30N2O3. The van der Waals surface area contributed by atoms with Gasteiger partial charge in [0.25, 0.3) is 0 Å². The smallest absolute Gasteiger partial charge is 0.335 e. The lowest BCUT2D eigenvalue weighted by Crippen LogP contribution is -2.56. The fraction of sp³-hybridized carbons (Fsp3) is 0.650. The van der Waals surface area contributed by atoms with Crippen LogP contribution in [0.5, 0.6) is 0 Å². The first kappa shape index (κ1) is 18.4. The molecule has 0 radical (unpaired) electrons. The van der Waals surface area contributed by atoms with Gasteiger partial charge in [0.15, 0.2) is 0 Å². The molecule has 5 heteroatoms. The number of ether oxygens (including phenoxy) is 1. The highest BCUT2D eigenvalue weighted by Gasteiger charge is 2.32. The van der Waals surface area contributed by atoms with Crippen LogP contribution in [-0.4, -0.2) is 72.4 Å². The number of benzene rings is 1. The Morgan fingerprint density at radius 3 is 2.76 bits per heavy atom. The third kappa shape index (κ3) is 4.60. The summed E-state index contributed by atoms with van der Waals surface area (Å²) in [6.45, 7) is 11.5. The number of aromatic carboxylic acids is 1. The number of likely N-dealkylation sites (tertiary alicyclic amines) is 1. The van der Waals surface area contributed by atoms with Crippen LogP contribution in [0, 0.1) is 0 Å². The molecule has 0 unspecified atom stereocenters. The maximum absolute atomic E-state index is 11.2. The van der Waals surface area contributed by atoms with Gasteiger partial charge in [-0.25, -0.2) is 4.79 Å². The molecule has 0 aromatic heterocycles. The lowest BCUT2D eigenvalue weighted by atomic mass is 9.88.